The first-order chi connectivity index (χ1) is 16.9. The van der Waals surface area contributed by atoms with E-state index in [4.69, 9.17) is 16.7 Å². The van der Waals surface area contributed by atoms with Gasteiger partial charge in [-0.2, -0.15) is 5.26 Å². The van der Waals surface area contributed by atoms with Crippen molar-refractivity contribution in [3.8, 4) is 6.07 Å². The summed E-state index contributed by atoms with van der Waals surface area (Å²) in [6.07, 6.45) is 0.483. The topological polar surface area (TPSA) is 93.3 Å². The predicted octanol–water partition coefficient (Wildman–Crippen LogP) is 5.66. The molecule has 3 rings (SSSR count). The lowest BCUT2D eigenvalue weighted by Crippen LogP contribution is -2.44. The van der Waals surface area contributed by atoms with Crippen LogP contribution in [0.3, 0.4) is 0 Å². The Kier molecular flexibility index (Phi) is 9.35. The summed E-state index contributed by atoms with van der Waals surface area (Å²) in [7, 11) is 0. The fraction of sp³-hybridized carbons (Fsp3) is 0.500. The molecule has 1 fully saturated rings. The molecule has 1 heterocycles. The lowest BCUT2D eigenvalue weighted by molar-refractivity contribution is -0.121. The molecule has 5 nitrogen and oxygen atoms in total. The summed E-state index contributed by atoms with van der Waals surface area (Å²) < 4.78 is 16.4. The number of nitriles is 1. The number of carbonyl (C=O) groups excluding carboxylic acids is 1. The van der Waals surface area contributed by atoms with Crippen LogP contribution in [0.1, 0.15) is 63.5 Å². The van der Waals surface area contributed by atoms with Crippen LogP contribution in [-0.4, -0.2) is 40.8 Å². The Morgan fingerprint density at radius 3 is 2.61 bits per heavy atom. The highest BCUT2D eigenvalue weighted by molar-refractivity contribution is 9.10. The second-order valence-corrected chi connectivity index (χ2v) is 12.1. The van der Waals surface area contributed by atoms with E-state index >= 15 is 4.39 Å². The molecule has 2 aromatic rings. The fourth-order valence-corrected chi connectivity index (χ4v) is 5.91. The number of rotatable bonds is 9. The van der Waals surface area contributed by atoms with E-state index in [-0.39, 0.29) is 41.2 Å². The number of Topliss-reactive ketones (excluding diaryl/α,β-unsaturated/α-hetero) is 1. The van der Waals surface area contributed by atoms with E-state index < -0.39 is 35.3 Å². The van der Waals surface area contributed by atoms with Gasteiger partial charge in [0.25, 0.3) is 0 Å². The third kappa shape index (κ3) is 6.17. The highest BCUT2D eigenvalue weighted by Crippen LogP contribution is 2.52. The molecule has 0 aromatic heterocycles. The zero-order valence-corrected chi connectivity index (χ0v) is 23.1. The van der Waals surface area contributed by atoms with Crippen molar-refractivity contribution in [1.29, 1.82) is 5.26 Å². The van der Waals surface area contributed by atoms with Crippen molar-refractivity contribution < 1.29 is 19.4 Å². The number of nitrogens with zero attached hydrogens (tertiary/aromatic N) is 1. The molecular weight excluding hydrogens is 547 g/mol. The van der Waals surface area contributed by atoms with Crippen LogP contribution in [0, 0.1) is 22.6 Å². The first-order valence-corrected chi connectivity index (χ1v) is 13.3. The number of aliphatic hydroxyl groups is 2. The lowest BCUT2D eigenvalue weighted by Gasteiger charge is -2.37. The van der Waals surface area contributed by atoms with Gasteiger partial charge in [-0.1, -0.05) is 66.5 Å². The van der Waals surface area contributed by atoms with Crippen LogP contribution >= 0.6 is 27.5 Å². The van der Waals surface area contributed by atoms with Crippen molar-refractivity contribution in [1.82, 2.24) is 5.32 Å². The van der Waals surface area contributed by atoms with E-state index in [2.05, 4.69) is 48.1 Å². The standard InChI is InChI=1S/C28H33BrClFN2O3/c1-27(2,3)14-24-28(16-32,21-11-10-19(30)13-22(21)31)25(17-6-4-7-18(29)12-17)26(33-24)23(36)9-5-8-20(35)15-34/h4,6-7,10-13,20,24-26,33-35H,5,8-9,14-15H2,1-3H3/t20-,24-,25-,26+,28-/m0/s1. The lowest BCUT2D eigenvalue weighted by atomic mass is 9.62. The highest BCUT2D eigenvalue weighted by Gasteiger charge is 2.60. The molecule has 5 atom stereocenters. The molecule has 1 saturated heterocycles. The summed E-state index contributed by atoms with van der Waals surface area (Å²) in [5.41, 5.74) is -0.633. The molecule has 1 aliphatic rings. The first kappa shape index (κ1) is 28.7. The van der Waals surface area contributed by atoms with Crippen LogP contribution in [0.15, 0.2) is 46.9 Å². The van der Waals surface area contributed by atoms with E-state index in [0.717, 1.165) is 10.0 Å². The minimum Gasteiger partial charge on any atom is -0.394 e. The van der Waals surface area contributed by atoms with Gasteiger partial charge in [0, 0.05) is 33.4 Å². The molecule has 0 unspecified atom stereocenters. The quantitative estimate of drug-likeness (QED) is 0.357. The highest BCUT2D eigenvalue weighted by atomic mass is 79.9. The Morgan fingerprint density at radius 2 is 2.03 bits per heavy atom. The molecule has 3 N–H and O–H groups in total. The maximum Gasteiger partial charge on any atom is 0.150 e. The number of hydrogen-bond acceptors (Lipinski definition) is 5. The van der Waals surface area contributed by atoms with Gasteiger partial charge in [-0.3, -0.25) is 4.79 Å². The molecular formula is C28H33BrClFN2O3. The van der Waals surface area contributed by atoms with E-state index in [0.29, 0.717) is 12.8 Å². The molecule has 0 amide bonds. The maximum atomic E-state index is 15.6. The molecule has 0 bridgehead atoms. The minimum atomic E-state index is -1.38. The van der Waals surface area contributed by atoms with Crippen molar-refractivity contribution in [2.45, 2.75) is 76.0 Å². The van der Waals surface area contributed by atoms with E-state index in [1.807, 2.05) is 24.3 Å². The molecule has 0 spiro atoms. The third-order valence-electron chi connectivity index (χ3n) is 6.86. The summed E-state index contributed by atoms with van der Waals surface area (Å²) in [5, 5.41) is 33.3. The van der Waals surface area contributed by atoms with Crippen LogP contribution < -0.4 is 5.32 Å². The zero-order valence-electron chi connectivity index (χ0n) is 20.8. The zero-order chi connectivity index (χ0) is 26.7. The molecule has 2 aromatic carbocycles. The Morgan fingerprint density at radius 1 is 1.31 bits per heavy atom. The molecule has 0 radical (unpaired) electrons. The molecule has 0 saturated carbocycles. The fourth-order valence-electron chi connectivity index (χ4n) is 5.34. The minimum absolute atomic E-state index is 0.115. The van der Waals surface area contributed by atoms with Crippen LogP contribution in [0.5, 0.6) is 0 Å². The summed E-state index contributed by atoms with van der Waals surface area (Å²) in [6, 6.07) is 13.0. The van der Waals surface area contributed by atoms with E-state index in [9.17, 15) is 15.2 Å². The van der Waals surface area contributed by atoms with Gasteiger partial charge < -0.3 is 15.5 Å². The molecule has 0 aliphatic carbocycles. The van der Waals surface area contributed by atoms with Crippen molar-refractivity contribution in [2.75, 3.05) is 6.61 Å². The van der Waals surface area contributed by atoms with Gasteiger partial charge in [-0.15, -0.1) is 0 Å². The Bertz CT molecular complexity index is 1130. The number of aliphatic hydroxyl groups excluding tert-OH is 2. The summed E-state index contributed by atoms with van der Waals surface area (Å²) in [5.74, 6) is -1.36. The summed E-state index contributed by atoms with van der Waals surface area (Å²) >= 11 is 9.57. The molecule has 194 valence electrons. The largest absolute Gasteiger partial charge is 0.394 e. The number of benzene rings is 2. The van der Waals surface area contributed by atoms with Gasteiger partial charge in [0.2, 0.25) is 0 Å². The number of halogens is 3. The second kappa shape index (κ2) is 11.7. The van der Waals surface area contributed by atoms with Gasteiger partial charge in [0.05, 0.1) is 24.8 Å². The third-order valence-corrected chi connectivity index (χ3v) is 7.59. The summed E-state index contributed by atoms with van der Waals surface area (Å²) in [6.45, 7) is 5.79. The Hall–Kier alpha value is -1.82. The monoisotopic (exact) mass is 578 g/mol. The first-order valence-electron chi connectivity index (χ1n) is 12.1. The van der Waals surface area contributed by atoms with Crippen LogP contribution in [-0.2, 0) is 10.2 Å². The number of nitrogens with one attached hydrogen (secondary N) is 1. The average molecular weight is 580 g/mol. The maximum absolute atomic E-state index is 15.6. The molecule has 8 heteroatoms. The normalized spacial score (nSPS) is 24.9. The van der Waals surface area contributed by atoms with Gasteiger partial charge in [-0.05, 0) is 54.5 Å². The van der Waals surface area contributed by atoms with Crippen LogP contribution in [0.4, 0.5) is 4.39 Å². The van der Waals surface area contributed by atoms with Crippen LogP contribution in [0.25, 0.3) is 0 Å². The molecule has 36 heavy (non-hydrogen) atoms. The number of hydrogen-bond donors (Lipinski definition) is 3. The SMILES string of the molecule is CC(C)(C)C[C@@H]1N[C@H](C(=O)CCC[C@H](O)CO)[C@H](c2cccc(Br)c2)[C@@]1(C#N)c1ccc(Cl)cc1F. The summed E-state index contributed by atoms with van der Waals surface area (Å²) in [4.78, 5) is 13.6. The number of carbonyl (C=O) groups is 1. The van der Waals surface area contributed by atoms with Crippen molar-refractivity contribution in [2.24, 2.45) is 5.41 Å². The van der Waals surface area contributed by atoms with E-state index in [1.165, 1.54) is 6.07 Å². The smallest absolute Gasteiger partial charge is 0.150 e. The van der Waals surface area contributed by atoms with Crippen molar-refractivity contribution in [3.63, 3.8) is 0 Å². The van der Waals surface area contributed by atoms with Crippen molar-refractivity contribution in [3.05, 3.63) is 68.9 Å². The van der Waals surface area contributed by atoms with Gasteiger partial charge >= 0.3 is 0 Å². The number of ketones is 1. The Balaban J connectivity index is 2.19. The predicted molar refractivity (Wildman–Crippen MR) is 142 cm³/mol. The second-order valence-electron chi connectivity index (χ2n) is 10.8. The van der Waals surface area contributed by atoms with Crippen molar-refractivity contribution >= 4 is 33.3 Å². The van der Waals surface area contributed by atoms with Gasteiger partial charge in [-0.25, -0.2) is 4.39 Å². The van der Waals surface area contributed by atoms with Gasteiger partial charge in [0.1, 0.15) is 17.0 Å². The average Bonchev–Trinajstić information content (AvgIpc) is 3.12. The molecule has 1 aliphatic heterocycles. The Labute approximate surface area is 225 Å². The van der Waals surface area contributed by atoms with Gasteiger partial charge in [0.15, 0.2) is 0 Å². The van der Waals surface area contributed by atoms with Crippen LogP contribution in [0.2, 0.25) is 5.02 Å². The van der Waals surface area contributed by atoms with E-state index in [1.54, 1.807) is 12.1 Å².